The van der Waals surface area contributed by atoms with Gasteiger partial charge in [-0.3, -0.25) is 4.79 Å². The zero-order valence-electron chi connectivity index (χ0n) is 11.9. The number of carboxylic acid groups (broad SMARTS) is 1. The van der Waals surface area contributed by atoms with E-state index in [9.17, 15) is 18.4 Å². The molecule has 0 heterocycles. The molecule has 2 aromatic rings. The molecule has 0 radical (unpaired) electrons. The summed E-state index contributed by atoms with van der Waals surface area (Å²) in [6.45, 7) is 0. The Kier molecular flexibility index (Phi) is 5.15. The molecule has 0 aliphatic heterocycles. The molecule has 0 amide bonds. The van der Waals surface area contributed by atoms with Crippen LogP contribution in [0.15, 0.2) is 66.8 Å². The lowest BCUT2D eigenvalue weighted by atomic mass is 9.97. The maximum Gasteiger partial charge on any atom is 0.328 e. The van der Waals surface area contributed by atoms with Crippen LogP contribution in [-0.2, 0) is 4.79 Å². The number of halogens is 2. The number of carboxylic acids is 1. The van der Waals surface area contributed by atoms with E-state index in [1.165, 1.54) is 42.5 Å². The Balaban J connectivity index is 2.32. The number of Topliss-reactive ketones (excluding diaryl/α,β-unsaturated/α-hetero) is 1. The number of allylic oxidation sites excluding steroid dienone is 1. The number of hydrogen-bond acceptors (Lipinski definition) is 2. The lowest BCUT2D eigenvalue weighted by molar-refractivity contribution is -0.131. The highest BCUT2D eigenvalue weighted by molar-refractivity contribution is 6.29. The van der Waals surface area contributed by atoms with Crippen LogP contribution in [0.2, 0.25) is 0 Å². The molecule has 0 atom stereocenters. The van der Waals surface area contributed by atoms with Crippen molar-refractivity contribution in [3.8, 4) is 0 Å². The van der Waals surface area contributed by atoms with Crippen LogP contribution in [0.3, 0.4) is 0 Å². The second kappa shape index (κ2) is 7.26. The van der Waals surface area contributed by atoms with Crippen LogP contribution >= 0.6 is 0 Å². The lowest BCUT2D eigenvalue weighted by Gasteiger charge is -2.06. The topological polar surface area (TPSA) is 54.4 Å². The first-order valence-electron chi connectivity index (χ1n) is 6.65. The molecule has 0 spiro atoms. The van der Waals surface area contributed by atoms with Crippen molar-refractivity contribution in [3.63, 3.8) is 0 Å². The Labute approximate surface area is 131 Å². The first-order chi connectivity index (χ1) is 11.0. The minimum atomic E-state index is -2.05. The number of aliphatic carboxylic acids is 1. The van der Waals surface area contributed by atoms with Crippen LogP contribution in [0, 0.1) is 0 Å². The second-order valence-corrected chi connectivity index (χ2v) is 4.62. The molecule has 1 N–H and O–H groups in total. The average Bonchev–Trinajstić information content (AvgIpc) is 2.54. The van der Waals surface area contributed by atoms with Gasteiger partial charge in [-0.05, 0) is 17.2 Å². The van der Waals surface area contributed by atoms with Gasteiger partial charge in [-0.2, -0.15) is 8.78 Å². The Morgan fingerprint density at radius 3 is 2.00 bits per heavy atom. The first kappa shape index (κ1) is 16.3. The number of carbonyl (C=O) groups excluding carboxylic acids is 1. The fraction of sp³-hybridized carbons (Fsp3) is 0. The maximum absolute atomic E-state index is 13.2. The average molecular weight is 314 g/mol. The van der Waals surface area contributed by atoms with E-state index in [0.29, 0.717) is 5.56 Å². The van der Waals surface area contributed by atoms with Gasteiger partial charge in [0, 0.05) is 11.6 Å². The summed E-state index contributed by atoms with van der Waals surface area (Å²) in [7, 11) is 0. The molecule has 2 rings (SSSR count). The number of rotatable bonds is 5. The van der Waals surface area contributed by atoms with Crippen LogP contribution in [0.25, 0.3) is 11.6 Å². The Morgan fingerprint density at radius 1 is 0.870 bits per heavy atom. The minimum Gasteiger partial charge on any atom is -0.478 e. The zero-order valence-corrected chi connectivity index (χ0v) is 11.9. The van der Waals surface area contributed by atoms with Crippen LogP contribution in [0.1, 0.15) is 21.5 Å². The standard InChI is InChI=1S/C18H12F2O3/c19-18(20)16(13-4-2-1-3-5-13)17(23)14-9-6-12(7-10-14)8-11-15(21)22/h1-11H,(H,21,22). The number of benzene rings is 2. The first-order valence-corrected chi connectivity index (χ1v) is 6.65. The summed E-state index contributed by atoms with van der Waals surface area (Å²) in [6, 6.07) is 13.5. The summed E-state index contributed by atoms with van der Waals surface area (Å²) >= 11 is 0. The monoisotopic (exact) mass is 314 g/mol. The van der Waals surface area contributed by atoms with Gasteiger partial charge in [0.25, 0.3) is 6.08 Å². The van der Waals surface area contributed by atoms with Gasteiger partial charge in [-0.1, -0.05) is 54.6 Å². The quantitative estimate of drug-likeness (QED) is 0.662. The third-order valence-electron chi connectivity index (χ3n) is 3.07. The molecule has 5 heteroatoms. The Morgan fingerprint density at radius 2 is 1.48 bits per heavy atom. The van der Waals surface area contributed by atoms with Crippen LogP contribution < -0.4 is 0 Å². The Bertz CT molecular complexity index is 772. The van der Waals surface area contributed by atoms with Gasteiger partial charge in [0.1, 0.15) is 0 Å². The van der Waals surface area contributed by atoms with Crippen molar-refractivity contribution in [1.82, 2.24) is 0 Å². The van der Waals surface area contributed by atoms with E-state index in [4.69, 9.17) is 5.11 Å². The summed E-state index contributed by atoms with van der Waals surface area (Å²) in [5.74, 6) is -1.89. The predicted octanol–water partition coefficient (Wildman–Crippen LogP) is 4.27. The van der Waals surface area contributed by atoms with E-state index in [-0.39, 0.29) is 11.1 Å². The van der Waals surface area contributed by atoms with Crippen LogP contribution in [-0.4, -0.2) is 16.9 Å². The lowest BCUT2D eigenvalue weighted by Crippen LogP contribution is -2.04. The maximum atomic E-state index is 13.2. The number of carbonyl (C=O) groups is 2. The molecule has 0 fully saturated rings. The van der Waals surface area contributed by atoms with Gasteiger partial charge in [0.2, 0.25) is 0 Å². The predicted molar refractivity (Wildman–Crippen MR) is 83.0 cm³/mol. The van der Waals surface area contributed by atoms with E-state index in [1.54, 1.807) is 18.2 Å². The molecule has 0 aliphatic rings. The van der Waals surface area contributed by atoms with Crippen molar-refractivity contribution in [2.45, 2.75) is 0 Å². The van der Waals surface area contributed by atoms with E-state index >= 15 is 0 Å². The van der Waals surface area contributed by atoms with E-state index in [0.717, 1.165) is 6.08 Å². The molecule has 2 aromatic carbocycles. The van der Waals surface area contributed by atoms with E-state index in [2.05, 4.69) is 0 Å². The number of ketones is 1. The molecule has 0 aliphatic carbocycles. The third-order valence-corrected chi connectivity index (χ3v) is 3.07. The molecular formula is C18H12F2O3. The zero-order chi connectivity index (χ0) is 16.8. The van der Waals surface area contributed by atoms with Gasteiger partial charge >= 0.3 is 5.97 Å². The van der Waals surface area contributed by atoms with E-state index in [1.807, 2.05) is 0 Å². The van der Waals surface area contributed by atoms with Crippen LogP contribution in [0.5, 0.6) is 0 Å². The summed E-state index contributed by atoms with van der Waals surface area (Å²) in [5.41, 5.74) is 0.158. The van der Waals surface area contributed by atoms with Crippen molar-refractivity contribution >= 4 is 23.4 Å². The number of hydrogen-bond donors (Lipinski definition) is 1. The molecular weight excluding hydrogens is 302 g/mol. The van der Waals surface area contributed by atoms with Crippen molar-refractivity contribution in [2.75, 3.05) is 0 Å². The molecule has 0 saturated heterocycles. The largest absolute Gasteiger partial charge is 0.478 e. The fourth-order valence-electron chi connectivity index (χ4n) is 1.99. The molecule has 0 aromatic heterocycles. The van der Waals surface area contributed by atoms with Crippen molar-refractivity contribution in [1.29, 1.82) is 0 Å². The molecule has 23 heavy (non-hydrogen) atoms. The summed E-state index contributed by atoms with van der Waals surface area (Å²) < 4.78 is 26.4. The third kappa shape index (κ3) is 4.20. The molecule has 0 bridgehead atoms. The highest BCUT2D eigenvalue weighted by Gasteiger charge is 2.19. The van der Waals surface area contributed by atoms with Crippen molar-refractivity contribution in [2.24, 2.45) is 0 Å². The fourth-order valence-corrected chi connectivity index (χ4v) is 1.99. The molecule has 0 saturated carbocycles. The van der Waals surface area contributed by atoms with Gasteiger partial charge < -0.3 is 5.11 Å². The summed E-state index contributed by atoms with van der Waals surface area (Å²) in [6.07, 6.45) is 0.254. The van der Waals surface area contributed by atoms with Gasteiger partial charge in [0.05, 0.1) is 5.57 Å². The summed E-state index contributed by atoms with van der Waals surface area (Å²) in [5, 5.41) is 8.55. The Hall–Kier alpha value is -3.08. The SMILES string of the molecule is O=C(O)C=Cc1ccc(C(=O)C(=C(F)F)c2ccccc2)cc1. The smallest absolute Gasteiger partial charge is 0.328 e. The minimum absolute atomic E-state index is 0.101. The second-order valence-electron chi connectivity index (χ2n) is 4.62. The normalized spacial score (nSPS) is 10.5. The van der Waals surface area contributed by atoms with Gasteiger partial charge in [0.15, 0.2) is 5.78 Å². The van der Waals surface area contributed by atoms with Gasteiger partial charge in [-0.15, -0.1) is 0 Å². The molecule has 0 unspecified atom stereocenters. The van der Waals surface area contributed by atoms with Crippen LogP contribution in [0.4, 0.5) is 8.78 Å². The molecule has 116 valence electrons. The summed E-state index contributed by atoms with van der Waals surface area (Å²) in [4.78, 5) is 22.8. The van der Waals surface area contributed by atoms with Crippen molar-refractivity contribution < 1.29 is 23.5 Å². The van der Waals surface area contributed by atoms with E-state index < -0.39 is 23.4 Å². The van der Waals surface area contributed by atoms with Gasteiger partial charge in [-0.25, -0.2) is 4.79 Å². The highest BCUT2D eigenvalue weighted by Crippen LogP contribution is 2.25. The highest BCUT2D eigenvalue weighted by atomic mass is 19.3. The molecule has 3 nitrogen and oxygen atoms in total. The van der Waals surface area contributed by atoms with Crippen molar-refractivity contribution in [3.05, 3.63) is 83.4 Å².